The highest BCUT2D eigenvalue weighted by Crippen LogP contribution is 2.16. The van der Waals surface area contributed by atoms with E-state index in [9.17, 15) is 18.8 Å². The quantitative estimate of drug-likeness (QED) is 0.562. The maximum Gasteiger partial charge on any atom is 0.341 e. The number of benzene rings is 2. The fourth-order valence-electron chi connectivity index (χ4n) is 1.96. The molecule has 0 aliphatic heterocycles. The first kappa shape index (κ1) is 17.9. The minimum atomic E-state index is -1.12. The predicted octanol–water partition coefficient (Wildman–Crippen LogP) is 1.69. The van der Waals surface area contributed by atoms with E-state index in [1.807, 2.05) is 0 Å². The highest BCUT2D eigenvalue weighted by molar-refractivity contribution is 5.99. The van der Waals surface area contributed by atoms with Crippen LogP contribution in [-0.4, -0.2) is 23.9 Å². The Morgan fingerprint density at radius 1 is 1.12 bits per heavy atom. The Morgan fingerprint density at radius 2 is 1.76 bits per heavy atom. The van der Waals surface area contributed by atoms with Crippen molar-refractivity contribution in [2.75, 3.05) is 11.1 Å². The summed E-state index contributed by atoms with van der Waals surface area (Å²) in [5.41, 5.74) is 11.3. The van der Waals surface area contributed by atoms with Crippen LogP contribution in [0.3, 0.4) is 0 Å². The van der Waals surface area contributed by atoms with Gasteiger partial charge in [-0.3, -0.25) is 9.59 Å². The number of nitrogens with two attached hydrogens (primary N) is 2. The lowest BCUT2D eigenvalue weighted by atomic mass is 10.2. The second-order valence-corrected chi connectivity index (χ2v) is 5.21. The zero-order valence-electron chi connectivity index (χ0n) is 13.3. The second-order valence-electron chi connectivity index (χ2n) is 5.21. The van der Waals surface area contributed by atoms with E-state index >= 15 is 0 Å². The highest BCUT2D eigenvalue weighted by Gasteiger charge is 2.20. The van der Waals surface area contributed by atoms with Gasteiger partial charge in [0.25, 0.3) is 5.91 Å². The fraction of sp³-hybridized carbons (Fsp3) is 0.118. The molecule has 0 aromatic heterocycles. The number of carbonyl (C=O) groups excluding carboxylic acids is 3. The number of carbonyl (C=O) groups is 3. The molecular weight excluding hydrogens is 329 g/mol. The lowest BCUT2D eigenvalue weighted by Gasteiger charge is -2.14. The first-order valence-corrected chi connectivity index (χ1v) is 7.24. The van der Waals surface area contributed by atoms with Gasteiger partial charge >= 0.3 is 5.97 Å². The third kappa shape index (κ3) is 4.54. The molecule has 0 aliphatic carbocycles. The van der Waals surface area contributed by atoms with Gasteiger partial charge in [-0.05, 0) is 49.4 Å². The van der Waals surface area contributed by atoms with E-state index in [-0.39, 0.29) is 11.3 Å². The first-order chi connectivity index (χ1) is 11.8. The van der Waals surface area contributed by atoms with Crippen molar-refractivity contribution in [1.29, 1.82) is 0 Å². The number of amides is 2. The molecule has 1 unspecified atom stereocenters. The molecule has 0 heterocycles. The molecule has 1 atom stereocenters. The van der Waals surface area contributed by atoms with Crippen LogP contribution >= 0.6 is 0 Å². The van der Waals surface area contributed by atoms with Crippen LogP contribution in [-0.2, 0) is 9.53 Å². The van der Waals surface area contributed by atoms with Crippen LogP contribution in [0.15, 0.2) is 42.5 Å². The summed E-state index contributed by atoms with van der Waals surface area (Å²) >= 11 is 0. The van der Waals surface area contributed by atoms with Gasteiger partial charge in [0.15, 0.2) is 6.10 Å². The topological polar surface area (TPSA) is 125 Å². The van der Waals surface area contributed by atoms with Gasteiger partial charge in [-0.15, -0.1) is 0 Å². The highest BCUT2D eigenvalue weighted by atomic mass is 19.1. The Labute approximate surface area is 142 Å². The van der Waals surface area contributed by atoms with Crippen LogP contribution in [0.5, 0.6) is 0 Å². The van der Waals surface area contributed by atoms with Crippen molar-refractivity contribution >= 4 is 29.2 Å². The zero-order valence-corrected chi connectivity index (χ0v) is 13.3. The third-order valence-corrected chi connectivity index (χ3v) is 3.32. The summed E-state index contributed by atoms with van der Waals surface area (Å²) in [5.74, 6) is -2.60. The van der Waals surface area contributed by atoms with Crippen molar-refractivity contribution in [3.05, 3.63) is 59.4 Å². The Morgan fingerprint density at radius 3 is 2.32 bits per heavy atom. The Kier molecular flexibility index (Phi) is 5.33. The standard InChI is InChI=1S/C17H16FN3O4/c1-9(25-17(24)13-7-4-11(18)8-14(13)19)16(23)21-12-5-2-10(3-6-12)15(20)22/h2-9H,19H2,1H3,(H2,20,22)(H,21,23). The van der Waals surface area contributed by atoms with Crippen LogP contribution < -0.4 is 16.8 Å². The van der Waals surface area contributed by atoms with Crippen molar-refractivity contribution in [2.45, 2.75) is 13.0 Å². The van der Waals surface area contributed by atoms with Gasteiger partial charge in [0.2, 0.25) is 5.91 Å². The van der Waals surface area contributed by atoms with E-state index < -0.39 is 29.7 Å². The summed E-state index contributed by atoms with van der Waals surface area (Å²) in [6.07, 6.45) is -1.12. The van der Waals surface area contributed by atoms with E-state index in [1.54, 1.807) is 0 Å². The molecule has 0 saturated heterocycles. The number of ether oxygens (including phenoxy) is 1. The van der Waals surface area contributed by atoms with Crippen molar-refractivity contribution in [1.82, 2.24) is 0 Å². The van der Waals surface area contributed by atoms with E-state index in [0.717, 1.165) is 12.1 Å². The monoisotopic (exact) mass is 345 g/mol. The summed E-state index contributed by atoms with van der Waals surface area (Å²) in [5, 5.41) is 2.53. The van der Waals surface area contributed by atoms with Crippen molar-refractivity contribution in [2.24, 2.45) is 5.73 Å². The number of primary amides is 1. The maximum atomic E-state index is 13.0. The summed E-state index contributed by atoms with van der Waals surface area (Å²) in [7, 11) is 0. The summed E-state index contributed by atoms with van der Waals surface area (Å²) in [6.45, 7) is 1.38. The predicted molar refractivity (Wildman–Crippen MR) is 89.3 cm³/mol. The molecule has 0 aliphatic rings. The number of nitrogens with one attached hydrogen (secondary N) is 1. The van der Waals surface area contributed by atoms with Crippen molar-refractivity contribution in [3.63, 3.8) is 0 Å². The molecule has 2 aromatic rings. The number of anilines is 2. The molecule has 0 spiro atoms. The van der Waals surface area contributed by atoms with Gasteiger partial charge in [0, 0.05) is 16.9 Å². The molecule has 25 heavy (non-hydrogen) atoms. The van der Waals surface area contributed by atoms with Gasteiger partial charge in [0.05, 0.1) is 5.56 Å². The molecule has 0 saturated carbocycles. The molecule has 0 bridgehead atoms. The van der Waals surface area contributed by atoms with E-state index in [2.05, 4.69) is 5.32 Å². The lowest BCUT2D eigenvalue weighted by Crippen LogP contribution is -2.30. The molecule has 7 nitrogen and oxygen atoms in total. The smallest absolute Gasteiger partial charge is 0.341 e. The van der Waals surface area contributed by atoms with Crippen LogP contribution in [0.1, 0.15) is 27.6 Å². The lowest BCUT2D eigenvalue weighted by molar-refractivity contribution is -0.123. The minimum Gasteiger partial charge on any atom is -0.449 e. The molecule has 8 heteroatoms. The van der Waals surface area contributed by atoms with Crippen LogP contribution in [0.25, 0.3) is 0 Å². The number of esters is 1. The molecule has 0 fully saturated rings. The normalized spacial score (nSPS) is 11.4. The molecule has 130 valence electrons. The van der Waals surface area contributed by atoms with Gasteiger partial charge in [0.1, 0.15) is 5.82 Å². The second kappa shape index (κ2) is 7.43. The molecular formula is C17H16FN3O4. The van der Waals surface area contributed by atoms with Crippen molar-refractivity contribution in [3.8, 4) is 0 Å². The SMILES string of the molecule is CC(OC(=O)c1ccc(F)cc1N)C(=O)Nc1ccc(C(N)=O)cc1. The molecule has 2 amide bonds. The average molecular weight is 345 g/mol. The van der Waals surface area contributed by atoms with Crippen LogP contribution in [0, 0.1) is 5.82 Å². The maximum absolute atomic E-state index is 13.0. The van der Waals surface area contributed by atoms with Gasteiger partial charge < -0.3 is 21.5 Å². The van der Waals surface area contributed by atoms with Crippen LogP contribution in [0.4, 0.5) is 15.8 Å². The first-order valence-electron chi connectivity index (χ1n) is 7.24. The van der Waals surface area contributed by atoms with Gasteiger partial charge in [-0.25, -0.2) is 9.18 Å². The zero-order chi connectivity index (χ0) is 18.6. The Hall–Kier alpha value is -3.42. The Balaban J connectivity index is 1.99. The van der Waals surface area contributed by atoms with Crippen molar-refractivity contribution < 1.29 is 23.5 Å². The van der Waals surface area contributed by atoms with Gasteiger partial charge in [-0.1, -0.05) is 0 Å². The fourth-order valence-corrected chi connectivity index (χ4v) is 1.96. The number of hydrogen-bond acceptors (Lipinski definition) is 5. The Bertz CT molecular complexity index is 821. The molecule has 0 radical (unpaired) electrons. The van der Waals surface area contributed by atoms with E-state index in [1.165, 1.54) is 37.3 Å². The average Bonchev–Trinajstić information content (AvgIpc) is 2.55. The third-order valence-electron chi connectivity index (χ3n) is 3.32. The number of halogens is 1. The summed E-state index contributed by atoms with van der Waals surface area (Å²) in [4.78, 5) is 35.1. The molecule has 2 rings (SSSR count). The summed E-state index contributed by atoms with van der Waals surface area (Å²) in [6, 6.07) is 9.12. The number of rotatable bonds is 5. The van der Waals surface area contributed by atoms with E-state index in [4.69, 9.17) is 16.2 Å². The summed E-state index contributed by atoms with van der Waals surface area (Å²) < 4.78 is 18.0. The molecule has 2 aromatic carbocycles. The molecule has 5 N–H and O–H groups in total. The van der Waals surface area contributed by atoms with E-state index in [0.29, 0.717) is 11.3 Å². The van der Waals surface area contributed by atoms with Crippen LogP contribution in [0.2, 0.25) is 0 Å². The number of nitrogen functional groups attached to an aromatic ring is 1. The largest absolute Gasteiger partial charge is 0.449 e. The number of hydrogen-bond donors (Lipinski definition) is 3. The van der Waals surface area contributed by atoms with Gasteiger partial charge in [-0.2, -0.15) is 0 Å². The minimum absolute atomic E-state index is 0.0353.